The Labute approximate surface area is 207 Å². The molecule has 180 valence electrons. The van der Waals surface area contributed by atoms with Crippen molar-refractivity contribution in [3.05, 3.63) is 103 Å². The summed E-state index contributed by atoms with van der Waals surface area (Å²) >= 11 is 5.91. The highest BCUT2D eigenvalue weighted by atomic mass is 35.5. The molecule has 2 aliphatic rings. The van der Waals surface area contributed by atoms with Gasteiger partial charge in [0.2, 0.25) is 0 Å². The number of nitrogens with zero attached hydrogens (tertiary/aromatic N) is 3. The molecule has 0 aliphatic carbocycles. The molecule has 1 saturated heterocycles. The Morgan fingerprint density at radius 1 is 1.09 bits per heavy atom. The minimum absolute atomic E-state index is 0.00764. The van der Waals surface area contributed by atoms with E-state index in [0.29, 0.717) is 48.9 Å². The van der Waals surface area contributed by atoms with Crippen LogP contribution in [0, 0.1) is 16.0 Å². The molecule has 0 saturated carbocycles. The maximum absolute atomic E-state index is 13.3. The molecule has 1 aromatic heterocycles. The summed E-state index contributed by atoms with van der Waals surface area (Å²) in [6.45, 7) is 2.12. The highest BCUT2D eigenvalue weighted by molar-refractivity contribution is 6.30. The fourth-order valence-electron chi connectivity index (χ4n) is 5.20. The van der Waals surface area contributed by atoms with Crippen LogP contribution in [0.2, 0.25) is 5.02 Å². The summed E-state index contributed by atoms with van der Waals surface area (Å²) in [7, 11) is 0. The maximum atomic E-state index is 13.3. The van der Waals surface area contributed by atoms with Gasteiger partial charge >= 0.3 is 0 Å². The molecule has 3 heterocycles. The number of halogens is 1. The molecule has 1 fully saturated rings. The van der Waals surface area contributed by atoms with Gasteiger partial charge in [-0.15, -0.1) is 0 Å². The number of pyridine rings is 1. The second-order valence-electron chi connectivity index (χ2n) is 9.20. The molecular weight excluding hydrogens is 468 g/mol. The predicted molar refractivity (Wildman–Crippen MR) is 134 cm³/mol. The number of carbonyl (C=O) groups excluding carboxylic acids is 1. The normalized spacial score (nSPS) is 18.6. The van der Waals surface area contributed by atoms with Crippen molar-refractivity contribution in [2.45, 2.75) is 25.3 Å². The van der Waals surface area contributed by atoms with Gasteiger partial charge in [0.1, 0.15) is 5.69 Å². The first-order valence-electron chi connectivity index (χ1n) is 11.6. The van der Waals surface area contributed by atoms with Gasteiger partial charge in [-0.3, -0.25) is 19.7 Å². The van der Waals surface area contributed by atoms with Crippen LogP contribution in [-0.4, -0.2) is 39.9 Å². The van der Waals surface area contributed by atoms with Gasteiger partial charge in [-0.2, -0.15) is 0 Å². The molecule has 9 heteroatoms. The van der Waals surface area contributed by atoms with E-state index in [0.717, 1.165) is 17.7 Å². The summed E-state index contributed by atoms with van der Waals surface area (Å²) in [5.74, 6) is 0.0560. The molecule has 35 heavy (non-hydrogen) atoms. The van der Waals surface area contributed by atoms with Crippen LogP contribution < -0.4 is 10.9 Å². The van der Waals surface area contributed by atoms with E-state index in [-0.39, 0.29) is 29.0 Å². The average molecular weight is 493 g/mol. The zero-order chi connectivity index (χ0) is 24.5. The zero-order valence-electron chi connectivity index (χ0n) is 19.0. The smallest absolute Gasteiger partial charge is 0.293 e. The Morgan fingerprint density at radius 3 is 2.66 bits per heavy atom. The molecule has 0 spiro atoms. The van der Waals surface area contributed by atoms with Crippen LogP contribution in [0.3, 0.4) is 0 Å². The fourth-order valence-corrected chi connectivity index (χ4v) is 5.33. The van der Waals surface area contributed by atoms with E-state index in [9.17, 15) is 19.7 Å². The molecule has 2 atom stereocenters. The number of benzene rings is 2. The highest BCUT2D eigenvalue weighted by Crippen LogP contribution is 2.36. The maximum Gasteiger partial charge on any atom is 0.293 e. The van der Waals surface area contributed by atoms with E-state index < -0.39 is 4.92 Å². The molecule has 1 amide bonds. The SMILES string of the molecule is O=C(c1ccc(NCCc2ccc(Cl)cc2)c([N+](=O)[O-])c1)N1C[C@H]2C[C@@H](C1)c1cccc(=O)n1C2. The van der Waals surface area contributed by atoms with Gasteiger partial charge in [-0.25, -0.2) is 0 Å². The molecule has 2 aromatic carbocycles. The summed E-state index contributed by atoms with van der Waals surface area (Å²) in [5, 5.41) is 15.5. The van der Waals surface area contributed by atoms with E-state index in [1.165, 1.54) is 6.07 Å². The third kappa shape index (κ3) is 4.79. The third-order valence-electron chi connectivity index (χ3n) is 6.85. The second kappa shape index (κ2) is 9.54. The fraction of sp³-hybridized carbons (Fsp3) is 0.308. The number of carbonyl (C=O) groups is 1. The number of piperidine rings is 1. The molecule has 8 nitrogen and oxygen atoms in total. The Hall–Kier alpha value is -3.65. The molecule has 3 aromatic rings. The van der Waals surface area contributed by atoms with Crippen LogP contribution >= 0.6 is 11.6 Å². The number of hydrogen-bond acceptors (Lipinski definition) is 5. The van der Waals surface area contributed by atoms with E-state index in [1.54, 1.807) is 29.2 Å². The van der Waals surface area contributed by atoms with Crippen LogP contribution in [0.1, 0.15) is 34.0 Å². The first-order chi connectivity index (χ1) is 16.9. The van der Waals surface area contributed by atoms with Gasteiger partial charge < -0.3 is 14.8 Å². The van der Waals surface area contributed by atoms with Gasteiger partial charge in [0.05, 0.1) is 4.92 Å². The highest BCUT2D eigenvalue weighted by Gasteiger charge is 2.36. The topological polar surface area (TPSA) is 97.5 Å². The van der Waals surface area contributed by atoms with Gasteiger partial charge in [-0.05, 0) is 54.7 Å². The Kier molecular flexibility index (Phi) is 6.30. The number of likely N-dealkylation sites (tertiary alicyclic amines) is 1. The first kappa shape index (κ1) is 23.1. The van der Waals surface area contributed by atoms with Crippen LogP contribution in [0.5, 0.6) is 0 Å². The van der Waals surface area contributed by atoms with Crippen LogP contribution in [-0.2, 0) is 13.0 Å². The Morgan fingerprint density at radius 2 is 1.89 bits per heavy atom. The lowest BCUT2D eigenvalue weighted by atomic mass is 9.83. The second-order valence-corrected chi connectivity index (χ2v) is 9.64. The molecule has 0 unspecified atom stereocenters. The number of nitro groups is 1. The first-order valence-corrected chi connectivity index (χ1v) is 12.0. The number of amides is 1. The number of hydrogen-bond donors (Lipinski definition) is 1. The molecular formula is C26H25ClN4O4. The average Bonchev–Trinajstić information content (AvgIpc) is 2.85. The van der Waals surface area contributed by atoms with E-state index in [4.69, 9.17) is 11.6 Å². The largest absolute Gasteiger partial charge is 0.379 e. The summed E-state index contributed by atoms with van der Waals surface area (Å²) in [6.07, 6.45) is 1.61. The minimum Gasteiger partial charge on any atom is -0.379 e. The lowest BCUT2D eigenvalue weighted by Gasteiger charge is -2.42. The van der Waals surface area contributed by atoms with Crippen molar-refractivity contribution in [3.63, 3.8) is 0 Å². The molecule has 2 bridgehead atoms. The molecule has 1 N–H and O–H groups in total. The van der Waals surface area contributed by atoms with Crippen molar-refractivity contribution in [1.29, 1.82) is 0 Å². The molecule has 2 aliphatic heterocycles. The third-order valence-corrected chi connectivity index (χ3v) is 7.10. The summed E-state index contributed by atoms with van der Waals surface area (Å²) in [4.78, 5) is 38.6. The van der Waals surface area contributed by atoms with Gasteiger partial charge in [-0.1, -0.05) is 29.8 Å². The molecule has 0 radical (unpaired) electrons. The standard InChI is InChI=1S/C26H25ClN4O4/c27-21-7-4-17(5-8-21)10-11-28-22-9-6-19(13-24(22)31(34)35)26(33)29-14-18-12-20(16-29)23-2-1-3-25(32)30(23)15-18/h1-9,13,18,20,28H,10-12,14-16H2/t18-,20+/m1/s1. The van der Waals surface area contributed by atoms with E-state index in [1.807, 2.05) is 34.9 Å². The van der Waals surface area contributed by atoms with Crippen molar-refractivity contribution < 1.29 is 9.72 Å². The Bertz CT molecular complexity index is 1340. The summed E-state index contributed by atoms with van der Waals surface area (Å²) in [6, 6.07) is 17.3. The lowest BCUT2D eigenvalue weighted by molar-refractivity contribution is -0.384. The number of aromatic nitrogens is 1. The number of nitrogens with one attached hydrogen (secondary N) is 1. The summed E-state index contributed by atoms with van der Waals surface area (Å²) < 4.78 is 1.82. The summed E-state index contributed by atoms with van der Waals surface area (Å²) in [5.41, 5.74) is 2.57. The Balaban J connectivity index is 1.30. The van der Waals surface area contributed by atoms with Gasteiger partial charge in [0, 0.05) is 60.5 Å². The lowest BCUT2D eigenvalue weighted by Crippen LogP contribution is -2.49. The van der Waals surface area contributed by atoms with Crippen LogP contribution in [0.4, 0.5) is 11.4 Å². The predicted octanol–water partition coefficient (Wildman–Crippen LogP) is 4.32. The quantitative estimate of drug-likeness (QED) is 0.408. The number of fused-ring (bicyclic) bond motifs is 4. The molecule has 5 rings (SSSR count). The monoisotopic (exact) mass is 492 g/mol. The van der Waals surface area contributed by atoms with Crippen molar-refractivity contribution >= 4 is 28.9 Å². The van der Waals surface area contributed by atoms with Crippen LogP contribution in [0.25, 0.3) is 0 Å². The van der Waals surface area contributed by atoms with Crippen molar-refractivity contribution in [2.24, 2.45) is 5.92 Å². The number of anilines is 1. The van der Waals surface area contributed by atoms with Gasteiger partial charge in [0.15, 0.2) is 0 Å². The van der Waals surface area contributed by atoms with E-state index >= 15 is 0 Å². The number of rotatable bonds is 6. The van der Waals surface area contributed by atoms with E-state index in [2.05, 4.69) is 5.32 Å². The minimum atomic E-state index is -0.463. The van der Waals surface area contributed by atoms with Crippen molar-refractivity contribution in [2.75, 3.05) is 25.0 Å². The van der Waals surface area contributed by atoms with Crippen molar-refractivity contribution in [3.8, 4) is 0 Å². The van der Waals surface area contributed by atoms with Crippen LogP contribution in [0.15, 0.2) is 65.5 Å². The number of nitro benzene ring substituents is 1. The van der Waals surface area contributed by atoms with Gasteiger partial charge in [0.25, 0.3) is 17.2 Å². The zero-order valence-corrected chi connectivity index (χ0v) is 19.8. The van der Waals surface area contributed by atoms with Crippen molar-refractivity contribution in [1.82, 2.24) is 9.47 Å².